The van der Waals surface area contributed by atoms with Gasteiger partial charge in [0.2, 0.25) is 5.91 Å². The summed E-state index contributed by atoms with van der Waals surface area (Å²) in [4.78, 5) is 25.4. The molecule has 59 heavy (non-hydrogen) atoms. The maximum atomic E-state index is 12.9. The van der Waals surface area contributed by atoms with Crippen LogP contribution in [0.4, 0.5) is 0 Å². The van der Waals surface area contributed by atoms with E-state index in [0.717, 1.165) is 38.5 Å². The molecule has 0 aliphatic carbocycles. The maximum Gasteiger partial charge on any atom is 0.268 e. The fourth-order valence-corrected chi connectivity index (χ4v) is 8.11. The van der Waals surface area contributed by atoms with Gasteiger partial charge in [0.05, 0.1) is 39.9 Å². The van der Waals surface area contributed by atoms with Gasteiger partial charge < -0.3 is 28.8 Å². The van der Waals surface area contributed by atoms with Crippen LogP contribution >= 0.6 is 7.82 Å². The minimum absolute atomic E-state index is 0.000479. The summed E-state index contributed by atoms with van der Waals surface area (Å²) in [7, 11) is 1.26. The molecular formula is C50H99N2O6P. The van der Waals surface area contributed by atoms with Crippen molar-refractivity contribution in [2.45, 2.75) is 251 Å². The Balaban J connectivity index is 4.33. The topological polar surface area (TPSA) is 108 Å². The second-order valence-corrected chi connectivity index (χ2v) is 19.9. The van der Waals surface area contributed by atoms with Crippen LogP contribution in [-0.4, -0.2) is 68.5 Å². The second kappa shape index (κ2) is 42.3. The Kier molecular flexibility index (Phi) is 41.6. The first kappa shape index (κ1) is 58.0. The van der Waals surface area contributed by atoms with E-state index in [2.05, 4.69) is 31.3 Å². The number of aliphatic hydroxyl groups excluding tert-OH is 1. The van der Waals surface area contributed by atoms with Crippen molar-refractivity contribution in [1.82, 2.24) is 5.32 Å². The van der Waals surface area contributed by atoms with Crippen molar-refractivity contribution in [3.8, 4) is 0 Å². The second-order valence-electron chi connectivity index (χ2n) is 18.5. The summed E-state index contributed by atoms with van der Waals surface area (Å²) in [5.74, 6) is -0.200. The molecule has 0 aliphatic rings. The number of carbonyl (C=O) groups is 1. The number of phosphoric acid groups is 1. The van der Waals surface area contributed by atoms with Gasteiger partial charge >= 0.3 is 0 Å². The molecule has 0 saturated heterocycles. The van der Waals surface area contributed by atoms with E-state index >= 15 is 0 Å². The van der Waals surface area contributed by atoms with Crippen molar-refractivity contribution < 1.29 is 32.9 Å². The SMILES string of the molecule is CCCCCCCCCC/C=C\CCCCCCCCCC(=O)NC(COP(=O)([O-])OCC[N+](C)(C)C)C(O)/C=C/CCCCCCCCCCCCCCCCCC. The highest BCUT2D eigenvalue weighted by Crippen LogP contribution is 2.38. The number of rotatable bonds is 46. The van der Waals surface area contributed by atoms with Crippen molar-refractivity contribution in [2.24, 2.45) is 0 Å². The summed E-state index contributed by atoms with van der Waals surface area (Å²) in [6.07, 6.45) is 50.8. The van der Waals surface area contributed by atoms with E-state index in [9.17, 15) is 19.4 Å². The first-order valence-electron chi connectivity index (χ1n) is 25.2. The summed E-state index contributed by atoms with van der Waals surface area (Å²) < 4.78 is 23.3. The zero-order valence-corrected chi connectivity index (χ0v) is 40.6. The van der Waals surface area contributed by atoms with Gasteiger partial charge in [-0.15, -0.1) is 0 Å². The third-order valence-corrected chi connectivity index (χ3v) is 12.4. The molecular weight excluding hydrogens is 756 g/mol. The Morgan fingerprint density at radius 3 is 1.32 bits per heavy atom. The number of aliphatic hydroxyl groups is 1. The number of quaternary nitrogens is 1. The van der Waals surface area contributed by atoms with Crippen molar-refractivity contribution in [1.29, 1.82) is 0 Å². The summed E-state index contributed by atoms with van der Waals surface area (Å²) in [5, 5.41) is 13.8. The van der Waals surface area contributed by atoms with Crippen LogP contribution in [0.1, 0.15) is 239 Å². The number of allylic oxidation sites excluding steroid dienone is 3. The number of nitrogens with one attached hydrogen (secondary N) is 1. The lowest BCUT2D eigenvalue weighted by molar-refractivity contribution is -0.870. The monoisotopic (exact) mass is 855 g/mol. The highest BCUT2D eigenvalue weighted by molar-refractivity contribution is 7.45. The van der Waals surface area contributed by atoms with Crippen LogP contribution < -0.4 is 10.2 Å². The largest absolute Gasteiger partial charge is 0.756 e. The van der Waals surface area contributed by atoms with Gasteiger partial charge in [-0.25, -0.2) is 0 Å². The molecule has 350 valence electrons. The zero-order valence-electron chi connectivity index (χ0n) is 39.7. The van der Waals surface area contributed by atoms with Gasteiger partial charge in [0.1, 0.15) is 13.2 Å². The molecule has 0 aromatic rings. The first-order valence-corrected chi connectivity index (χ1v) is 26.7. The third-order valence-electron chi connectivity index (χ3n) is 11.4. The van der Waals surface area contributed by atoms with Crippen LogP contribution in [0.2, 0.25) is 0 Å². The van der Waals surface area contributed by atoms with Gasteiger partial charge in [-0.05, 0) is 44.9 Å². The molecule has 3 atom stereocenters. The zero-order chi connectivity index (χ0) is 43.6. The number of hydrogen-bond acceptors (Lipinski definition) is 6. The number of amides is 1. The maximum absolute atomic E-state index is 12.9. The Bertz CT molecular complexity index is 1020. The van der Waals surface area contributed by atoms with E-state index < -0.39 is 20.0 Å². The van der Waals surface area contributed by atoms with E-state index in [0.29, 0.717) is 17.4 Å². The average molecular weight is 855 g/mol. The third kappa shape index (κ3) is 44.8. The molecule has 0 aromatic carbocycles. The average Bonchev–Trinajstić information content (AvgIpc) is 3.19. The fraction of sp³-hybridized carbons (Fsp3) is 0.900. The lowest BCUT2D eigenvalue weighted by atomic mass is 10.0. The molecule has 8 nitrogen and oxygen atoms in total. The molecule has 9 heteroatoms. The molecule has 3 unspecified atom stereocenters. The Labute approximate surface area is 366 Å². The number of phosphoric ester groups is 1. The molecule has 0 fully saturated rings. The van der Waals surface area contributed by atoms with E-state index in [-0.39, 0.29) is 19.1 Å². The van der Waals surface area contributed by atoms with E-state index in [1.165, 1.54) is 180 Å². The van der Waals surface area contributed by atoms with E-state index in [4.69, 9.17) is 9.05 Å². The molecule has 2 N–H and O–H groups in total. The highest BCUT2D eigenvalue weighted by atomic mass is 31.2. The van der Waals surface area contributed by atoms with Gasteiger partial charge in [-0.2, -0.15) is 0 Å². The van der Waals surface area contributed by atoms with Gasteiger partial charge in [0.15, 0.2) is 0 Å². The standard InChI is InChI=1S/C50H99N2O6P/c1-6-8-10-12-14-16-18-20-22-24-26-28-30-32-34-36-38-40-42-44-50(54)51-48(47-58-59(55,56)57-46-45-52(3,4)5)49(53)43-41-39-37-35-33-31-29-27-25-23-21-19-17-15-13-11-9-7-2/h24,26,41,43,48-49,53H,6-23,25,27-40,42,44-47H2,1-5H3,(H-,51,54,55,56)/b26-24-,43-41+. The van der Waals surface area contributed by atoms with Crippen molar-refractivity contribution in [2.75, 3.05) is 40.9 Å². The van der Waals surface area contributed by atoms with Crippen LogP contribution in [-0.2, 0) is 18.4 Å². The summed E-state index contributed by atoms with van der Waals surface area (Å²) in [5.41, 5.74) is 0. The highest BCUT2D eigenvalue weighted by Gasteiger charge is 2.23. The summed E-state index contributed by atoms with van der Waals surface area (Å²) in [6, 6.07) is -0.886. The van der Waals surface area contributed by atoms with Gasteiger partial charge in [-0.1, -0.05) is 212 Å². The molecule has 0 saturated carbocycles. The minimum atomic E-state index is -4.59. The molecule has 0 radical (unpaired) electrons. The lowest BCUT2D eigenvalue weighted by Gasteiger charge is -2.29. The Hall–Kier alpha value is -1.02. The first-order chi connectivity index (χ1) is 28.5. The quantitative estimate of drug-likeness (QED) is 0.0273. The number of carbonyl (C=O) groups excluding carboxylic acids is 1. The predicted molar refractivity (Wildman–Crippen MR) is 252 cm³/mol. The fourth-order valence-electron chi connectivity index (χ4n) is 7.38. The van der Waals surface area contributed by atoms with Crippen LogP contribution in [0.15, 0.2) is 24.3 Å². The molecule has 0 spiro atoms. The van der Waals surface area contributed by atoms with Gasteiger partial charge in [-0.3, -0.25) is 9.36 Å². The number of likely N-dealkylation sites (N-methyl/N-ethyl adjacent to an activating group) is 1. The smallest absolute Gasteiger partial charge is 0.268 e. The number of nitrogens with zero attached hydrogens (tertiary/aromatic N) is 1. The van der Waals surface area contributed by atoms with E-state index in [1.807, 2.05) is 27.2 Å². The Morgan fingerprint density at radius 2 is 0.932 bits per heavy atom. The summed E-state index contributed by atoms with van der Waals surface area (Å²) >= 11 is 0. The number of unbranched alkanes of at least 4 members (excludes halogenated alkanes) is 31. The van der Waals surface area contributed by atoms with Crippen molar-refractivity contribution in [3.05, 3.63) is 24.3 Å². The summed E-state index contributed by atoms with van der Waals surface area (Å²) in [6.45, 7) is 4.67. The molecule has 0 aliphatic heterocycles. The predicted octanol–water partition coefficient (Wildman–Crippen LogP) is 13.8. The van der Waals surface area contributed by atoms with Crippen LogP contribution in [0.3, 0.4) is 0 Å². The molecule has 0 aromatic heterocycles. The van der Waals surface area contributed by atoms with Gasteiger partial charge in [0.25, 0.3) is 7.82 Å². The molecule has 0 bridgehead atoms. The molecule has 1 amide bonds. The van der Waals surface area contributed by atoms with Gasteiger partial charge in [0, 0.05) is 6.42 Å². The van der Waals surface area contributed by atoms with Crippen molar-refractivity contribution >= 4 is 13.7 Å². The minimum Gasteiger partial charge on any atom is -0.756 e. The van der Waals surface area contributed by atoms with Crippen LogP contribution in [0.5, 0.6) is 0 Å². The van der Waals surface area contributed by atoms with E-state index in [1.54, 1.807) is 6.08 Å². The lowest BCUT2D eigenvalue weighted by Crippen LogP contribution is -2.45. The molecule has 0 rings (SSSR count). The number of hydrogen-bond donors (Lipinski definition) is 2. The van der Waals surface area contributed by atoms with Crippen molar-refractivity contribution in [3.63, 3.8) is 0 Å². The molecule has 0 heterocycles. The van der Waals surface area contributed by atoms with Crippen LogP contribution in [0, 0.1) is 0 Å². The van der Waals surface area contributed by atoms with Crippen LogP contribution in [0.25, 0.3) is 0 Å². The normalized spacial score (nSPS) is 14.4. The Morgan fingerprint density at radius 1 is 0.576 bits per heavy atom.